The van der Waals surface area contributed by atoms with E-state index in [2.05, 4.69) is 15.2 Å². The SMILES string of the molecule is CN(C)C(=O)CSc1nnc2c3ccccc3n(C)c2n1. The van der Waals surface area contributed by atoms with E-state index in [0.717, 1.165) is 22.1 Å². The van der Waals surface area contributed by atoms with Crippen molar-refractivity contribution in [1.29, 1.82) is 0 Å². The van der Waals surface area contributed by atoms with Gasteiger partial charge in [-0.05, 0) is 6.07 Å². The van der Waals surface area contributed by atoms with Crippen molar-refractivity contribution in [3.63, 3.8) is 0 Å². The lowest BCUT2D eigenvalue weighted by atomic mass is 10.2. The number of rotatable bonds is 3. The van der Waals surface area contributed by atoms with Crippen molar-refractivity contribution < 1.29 is 4.79 Å². The quantitative estimate of drug-likeness (QED) is 0.689. The van der Waals surface area contributed by atoms with Crippen LogP contribution in [0.1, 0.15) is 0 Å². The van der Waals surface area contributed by atoms with Crippen molar-refractivity contribution in [2.75, 3.05) is 19.8 Å². The van der Waals surface area contributed by atoms with Crippen LogP contribution >= 0.6 is 11.8 Å². The van der Waals surface area contributed by atoms with Gasteiger partial charge >= 0.3 is 0 Å². The standard InChI is InChI=1S/C14H15N5OS/c1-18(2)11(20)8-21-14-15-13-12(16-17-14)9-6-4-5-7-10(9)19(13)3/h4-7H,8H2,1-3H3. The van der Waals surface area contributed by atoms with E-state index in [4.69, 9.17) is 0 Å². The van der Waals surface area contributed by atoms with Gasteiger partial charge in [0.15, 0.2) is 5.65 Å². The van der Waals surface area contributed by atoms with Gasteiger partial charge in [-0.25, -0.2) is 4.98 Å². The van der Waals surface area contributed by atoms with Gasteiger partial charge in [0.2, 0.25) is 11.1 Å². The van der Waals surface area contributed by atoms with Crippen LogP contribution in [0.25, 0.3) is 22.1 Å². The Hall–Kier alpha value is -2.15. The highest BCUT2D eigenvalue weighted by molar-refractivity contribution is 7.99. The number of aromatic nitrogens is 4. The monoisotopic (exact) mass is 301 g/mol. The summed E-state index contributed by atoms with van der Waals surface area (Å²) in [4.78, 5) is 17.7. The Morgan fingerprint density at radius 1 is 1.29 bits per heavy atom. The summed E-state index contributed by atoms with van der Waals surface area (Å²) in [6, 6.07) is 8.00. The molecule has 2 heterocycles. The second-order valence-corrected chi connectivity index (χ2v) is 5.86. The van der Waals surface area contributed by atoms with E-state index >= 15 is 0 Å². The highest BCUT2D eigenvalue weighted by Crippen LogP contribution is 2.25. The molecule has 2 aromatic heterocycles. The molecule has 0 fully saturated rings. The van der Waals surface area contributed by atoms with Crippen molar-refractivity contribution in [3.8, 4) is 0 Å². The van der Waals surface area contributed by atoms with Crippen LogP contribution in [0.3, 0.4) is 0 Å². The molecule has 0 saturated heterocycles. The van der Waals surface area contributed by atoms with Gasteiger partial charge in [0.1, 0.15) is 5.52 Å². The second kappa shape index (κ2) is 5.33. The predicted molar refractivity (Wildman–Crippen MR) is 83.2 cm³/mol. The first kappa shape index (κ1) is 13.8. The fourth-order valence-corrected chi connectivity index (χ4v) is 2.87. The van der Waals surface area contributed by atoms with Gasteiger partial charge in [-0.1, -0.05) is 30.0 Å². The molecule has 1 aromatic carbocycles. The smallest absolute Gasteiger partial charge is 0.232 e. The number of nitrogens with zero attached hydrogens (tertiary/aromatic N) is 5. The van der Waals surface area contributed by atoms with Gasteiger partial charge in [0.05, 0.1) is 11.3 Å². The number of hydrogen-bond acceptors (Lipinski definition) is 5. The third-order valence-corrected chi connectivity index (χ3v) is 4.13. The molecule has 7 heteroatoms. The van der Waals surface area contributed by atoms with Crippen molar-refractivity contribution >= 4 is 39.7 Å². The number of carbonyl (C=O) groups excluding carboxylic acids is 1. The Labute approximate surface area is 126 Å². The summed E-state index contributed by atoms with van der Waals surface area (Å²) in [7, 11) is 5.42. The van der Waals surface area contributed by atoms with E-state index < -0.39 is 0 Å². The summed E-state index contributed by atoms with van der Waals surface area (Å²) >= 11 is 1.30. The maximum atomic E-state index is 11.6. The molecule has 108 valence electrons. The molecule has 0 unspecified atom stereocenters. The fourth-order valence-electron chi connectivity index (χ4n) is 2.11. The summed E-state index contributed by atoms with van der Waals surface area (Å²) in [5.41, 5.74) is 2.64. The highest BCUT2D eigenvalue weighted by Gasteiger charge is 2.13. The number of aryl methyl sites for hydroxylation is 1. The molecule has 0 aliphatic rings. The number of hydrogen-bond donors (Lipinski definition) is 0. The molecule has 6 nitrogen and oxygen atoms in total. The van der Waals surface area contributed by atoms with E-state index in [0.29, 0.717) is 10.9 Å². The number of fused-ring (bicyclic) bond motifs is 3. The first-order valence-corrected chi connectivity index (χ1v) is 7.47. The maximum absolute atomic E-state index is 11.6. The molecule has 0 N–H and O–H groups in total. The number of amides is 1. The zero-order valence-electron chi connectivity index (χ0n) is 12.1. The van der Waals surface area contributed by atoms with Crippen molar-refractivity contribution in [1.82, 2.24) is 24.6 Å². The van der Waals surface area contributed by atoms with E-state index in [1.165, 1.54) is 11.8 Å². The molecule has 0 atom stereocenters. The molecule has 0 aliphatic heterocycles. The topological polar surface area (TPSA) is 63.9 Å². The molecule has 0 saturated carbocycles. The van der Waals surface area contributed by atoms with E-state index in [9.17, 15) is 4.79 Å². The van der Waals surface area contributed by atoms with Crippen LogP contribution in [0.5, 0.6) is 0 Å². The van der Waals surface area contributed by atoms with Crippen molar-refractivity contribution in [2.24, 2.45) is 7.05 Å². The van der Waals surface area contributed by atoms with Gasteiger partial charge in [-0.3, -0.25) is 4.79 Å². The third kappa shape index (κ3) is 2.44. The molecule has 0 radical (unpaired) electrons. The predicted octanol–water partition coefficient (Wildman–Crippen LogP) is 1.70. The molecule has 0 spiro atoms. The first-order valence-electron chi connectivity index (χ1n) is 6.48. The lowest BCUT2D eigenvalue weighted by molar-refractivity contribution is -0.125. The van der Waals surface area contributed by atoms with Crippen molar-refractivity contribution in [2.45, 2.75) is 5.16 Å². The molecule has 3 rings (SSSR count). The van der Waals surface area contributed by atoms with E-state index in [1.807, 2.05) is 35.9 Å². The Balaban J connectivity index is 1.99. The minimum absolute atomic E-state index is 0.0285. The Kier molecular flexibility index (Phi) is 3.50. The molecule has 0 bridgehead atoms. The van der Waals surface area contributed by atoms with Gasteiger partial charge in [-0.2, -0.15) is 0 Å². The van der Waals surface area contributed by atoms with Gasteiger partial charge in [0.25, 0.3) is 0 Å². The normalized spacial score (nSPS) is 11.2. The minimum atomic E-state index is 0.0285. The number of benzene rings is 1. The largest absolute Gasteiger partial charge is 0.348 e. The zero-order valence-corrected chi connectivity index (χ0v) is 12.9. The van der Waals surface area contributed by atoms with Crippen LogP contribution in [-0.2, 0) is 11.8 Å². The van der Waals surface area contributed by atoms with E-state index in [-0.39, 0.29) is 5.91 Å². The summed E-state index contributed by atoms with van der Waals surface area (Å²) < 4.78 is 2.00. The average molecular weight is 301 g/mol. The number of thioether (sulfide) groups is 1. The summed E-state index contributed by atoms with van der Waals surface area (Å²) in [5.74, 6) is 0.338. The molecular formula is C14H15N5OS. The summed E-state index contributed by atoms with van der Waals surface area (Å²) in [6.45, 7) is 0. The second-order valence-electron chi connectivity index (χ2n) is 4.92. The Morgan fingerprint density at radius 2 is 2.05 bits per heavy atom. The Bertz CT molecular complexity index is 827. The minimum Gasteiger partial charge on any atom is -0.348 e. The van der Waals surface area contributed by atoms with Crippen LogP contribution in [0.4, 0.5) is 0 Å². The third-order valence-electron chi connectivity index (χ3n) is 3.31. The number of carbonyl (C=O) groups is 1. The molecule has 0 aliphatic carbocycles. The van der Waals surface area contributed by atoms with Crippen LogP contribution < -0.4 is 0 Å². The van der Waals surface area contributed by atoms with Crippen molar-refractivity contribution in [3.05, 3.63) is 24.3 Å². The molecule has 1 amide bonds. The van der Waals surface area contributed by atoms with Gasteiger partial charge < -0.3 is 9.47 Å². The molecular weight excluding hydrogens is 286 g/mol. The van der Waals surface area contributed by atoms with Crippen LogP contribution in [-0.4, -0.2) is 50.4 Å². The highest BCUT2D eigenvalue weighted by atomic mass is 32.2. The van der Waals surface area contributed by atoms with Crippen LogP contribution in [0.15, 0.2) is 29.4 Å². The van der Waals surface area contributed by atoms with Gasteiger partial charge in [-0.15, -0.1) is 10.2 Å². The lowest BCUT2D eigenvalue weighted by Gasteiger charge is -2.08. The summed E-state index contributed by atoms with van der Waals surface area (Å²) in [6.07, 6.45) is 0. The van der Waals surface area contributed by atoms with Crippen LogP contribution in [0, 0.1) is 0 Å². The van der Waals surface area contributed by atoms with Crippen LogP contribution in [0.2, 0.25) is 0 Å². The summed E-state index contributed by atoms with van der Waals surface area (Å²) in [5, 5.41) is 9.95. The zero-order chi connectivity index (χ0) is 15.0. The number of para-hydroxylation sites is 1. The Morgan fingerprint density at radius 3 is 2.81 bits per heavy atom. The average Bonchev–Trinajstić information content (AvgIpc) is 2.78. The fraction of sp³-hybridized carbons (Fsp3) is 0.286. The molecule has 21 heavy (non-hydrogen) atoms. The van der Waals surface area contributed by atoms with E-state index in [1.54, 1.807) is 19.0 Å². The lowest BCUT2D eigenvalue weighted by Crippen LogP contribution is -2.23. The van der Waals surface area contributed by atoms with Gasteiger partial charge in [0, 0.05) is 26.5 Å². The molecule has 3 aromatic rings. The first-order chi connectivity index (χ1) is 10.1. The maximum Gasteiger partial charge on any atom is 0.232 e.